The second-order valence-electron chi connectivity index (χ2n) is 7.06. The summed E-state index contributed by atoms with van der Waals surface area (Å²) in [6.07, 6.45) is 2.21. The van der Waals surface area contributed by atoms with Gasteiger partial charge in [0, 0.05) is 16.7 Å². The molecule has 1 aromatic carbocycles. The largest absolute Gasteiger partial charge is 0.465 e. The van der Waals surface area contributed by atoms with E-state index < -0.39 is 11.9 Å². The van der Waals surface area contributed by atoms with Gasteiger partial charge in [-0.25, -0.2) is 9.78 Å². The molecule has 1 saturated carbocycles. The molecule has 1 aromatic heterocycles. The quantitative estimate of drug-likeness (QED) is 0.642. The number of methoxy groups -OCH3 is 1. The Morgan fingerprint density at radius 2 is 1.86 bits per heavy atom. The van der Waals surface area contributed by atoms with Crippen LogP contribution in [-0.4, -0.2) is 36.4 Å². The second-order valence-corrected chi connectivity index (χ2v) is 7.92. The zero-order valence-electron chi connectivity index (χ0n) is 16.5. The van der Waals surface area contributed by atoms with E-state index in [-0.39, 0.29) is 22.7 Å². The highest BCUT2D eigenvalue weighted by molar-refractivity contribution is 9.10. The maximum Gasteiger partial charge on any atom is 0.341 e. The zero-order valence-corrected chi connectivity index (χ0v) is 18.1. The van der Waals surface area contributed by atoms with Crippen molar-refractivity contribution < 1.29 is 19.1 Å². The predicted molar refractivity (Wildman–Crippen MR) is 112 cm³/mol. The lowest BCUT2D eigenvalue weighted by atomic mass is 10.1. The predicted octanol–water partition coefficient (Wildman–Crippen LogP) is 3.64. The molecule has 1 fully saturated rings. The van der Waals surface area contributed by atoms with E-state index in [4.69, 9.17) is 4.74 Å². The van der Waals surface area contributed by atoms with Crippen LogP contribution < -0.4 is 10.6 Å². The normalized spacial score (nSPS) is 13.0. The van der Waals surface area contributed by atoms with E-state index in [9.17, 15) is 14.4 Å². The Kier molecular flexibility index (Phi) is 6.32. The number of aryl methyl sites for hydroxylation is 2. The van der Waals surface area contributed by atoms with Crippen LogP contribution in [0.1, 0.15) is 55.3 Å². The monoisotopic (exact) mass is 459 g/mol. The minimum Gasteiger partial charge on any atom is -0.465 e. The smallest absolute Gasteiger partial charge is 0.341 e. The molecule has 0 atom stereocenters. The van der Waals surface area contributed by atoms with E-state index >= 15 is 0 Å². The Labute approximate surface area is 177 Å². The van der Waals surface area contributed by atoms with Crippen LogP contribution in [0.25, 0.3) is 0 Å². The Morgan fingerprint density at radius 1 is 1.14 bits per heavy atom. The molecule has 1 heterocycles. The molecule has 8 heteroatoms. The lowest BCUT2D eigenvalue weighted by Gasteiger charge is -2.15. The molecule has 0 radical (unpaired) electrons. The van der Waals surface area contributed by atoms with Crippen molar-refractivity contribution in [2.24, 2.45) is 5.92 Å². The fourth-order valence-corrected chi connectivity index (χ4v) is 3.37. The summed E-state index contributed by atoms with van der Waals surface area (Å²) >= 11 is 3.33. The van der Waals surface area contributed by atoms with E-state index in [0.717, 1.165) is 12.8 Å². The molecule has 1 aliphatic rings. The van der Waals surface area contributed by atoms with Crippen molar-refractivity contribution in [1.82, 2.24) is 10.3 Å². The summed E-state index contributed by atoms with van der Waals surface area (Å²) in [4.78, 5) is 42.1. The number of rotatable bonds is 6. The third-order valence-electron chi connectivity index (χ3n) is 4.73. The van der Waals surface area contributed by atoms with Gasteiger partial charge < -0.3 is 15.4 Å². The maximum absolute atomic E-state index is 13.0. The molecule has 0 saturated heterocycles. The number of esters is 1. The van der Waals surface area contributed by atoms with E-state index in [1.165, 1.54) is 7.11 Å². The van der Waals surface area contributed by atoms with Crippen molar-refractivity contribution in [3.63, 3.8) is 0 Å². The van der Waals surface area contributed by atoms with Gasteiger partial charge >= 0.3 is 5.97 Å². The highest BCUT2D eigenvalue weighted by Crippen LogP contribution is 2.30. The number of hydrogen-bond donors (Lipinski definition) is 2. The first kappa shape index (κ1) is 21.0. The number of aromatic nitrogens is 1. The summed E-state index contributed by atoms with van der Waals surface area (Å²) < 4.78 is 5.34. The first-order chi connectivity index (χ1) is 13.8. The van der Waals surface area contributed by atoms with Gasteiger partial charge in [0.1, 0.15) is 5.69 Å². The fourth-order valence-electron chi connectivity index (χ4n) is 2.88. The Hall–Kier alpha value is -2.74. The van der Waals surface area contributed by atoms with Gasteiger partial charge in [-0.3, -0.25) is 9.59 Å². The van der Waals surface area contributed by atoms with Crippen LogP contribution in [0.4, 0.5) is 5.69 Å². The highest BCUT2D eigenvalue weighted by Gasteiger charge is 2.26. The summed E-state index contributed by atoms with van der Waals surface area (Å²) in [6.45, 7) is 4.10. The zero-order chi connectivity index (χ0) is 21.1. The molecular weight excluding hydrogens is 438 g/mol. The molecule has 1 aliphatic carbocycles. The van der Waals surface area contributed by atoms with Crippen LogP contribution in [0.5, 0.6) is 0 Å². The number of nitrogens with one attached hydrogen (secondary N) is 2. The number of halogens is 1. The number of pyridine rings is 1. The van der Waals surface area contributed by atoms with Gasteiger partial charge in [-0.1, -0.05) is 6.07 Å². The molecule has 0 unspecified atom stereocenters. The number of carbonyl (C=O) groups excluding carboxylic acids is 3. The fraction of sp³-hybridized carbons (Fsp3) is 0.333. The molecule has 29 heavy (non-hydrogen) atoms. The number of hydrogen-bond acceptors (Lipinski definition) is 5. The molecule has 3 rings (SSSR count). The van der Waals surface area contributed by atoms with Crippen molar-refractivity contribution in [2.75, 3.05) is 19.0 Å². The summed E-state index contributed by atoms with van der Waals surface area (Å²) in [5.41, 5.74) is 2.05. The van der Waals surface area contributed by atoms with Gasteiger partial charge in [0.05, 0.1) is 23.9 Å². The third kappa shape index (κ3) is 4.82. The Morgan fingerprint density at radius 3 is 2.52 bits per heavy atom. The first-order valence-corrected chi connectivity index (χ1v) is 10.1. The minimum atomic E-state index is -0.583. The average Bonchev–Trinajstić information content (AvgIpc) is 3.52. The molecule has 0 spiro atoms. The summed E-state index contributed by atoms with van der Waals surface area (Å²) in [6, 6.07) is 6.71. The van der Waals surface area contributed by atoms with Crippen LogP contribution in [-0.2, 0) is 4.74 Å². The van der Waals surface area contributed by atoms with Crippen molar-refractivity contribution in [3.8, 4) is 0 Å². The Balaban J connectivity index is 1.93. The van der Waals surface area contributed by atoms with Gasteiger partial charge in [-0.15, -0.1) is 0 Å². The SMILES string of the molecule is COC(=O)c1c(Br)ccc(C)c1NC(=O)c1ccc(C)nc1C(=O)NCC1CC1. The molecule has 152 valence electrons. The standard InChI is InChI=1S/C21H22BrN3O4/c1-11-4-9-15(22)16(21(28)29-3)17(11)25-19(26)14-8-5-12(2)24-18(14)20(27)23-10-13-6-7-13/h4-5,8-9,13H,6-7,10H2,1-3H3,(H,23,27)(H,25,26). The van der Waals surface area contributed by atoms with E-state index in [1.807, 2.05) is 0 Å². The van der Waals surface area contributed by atoms with Crippen LogP contribution in [0, 0.1) is 19.8 Å². The molecule has 0 bridgehead atoms. The van der Waals surface area contributed by atoms with Gasteiger partial charge in [0.25, 0.3) is 11.8 Å². The van der Waals surface area contributed by atoms with Crippen LogP contribution in [0.15, 0.2) is 28.7 Å². The van der Waals surface area contributed by atoms with Crippen molar-refractivity contribution in [1.29, 1.82) is 0 Å². The van der Waals surface area contributed by atoms with Crippen LogP contribution in [0.2, 0.25) is 0 Å². The number of nitrogens with zero attached hydrogens (tertiary/aromatic N) is 1. The molecular formula is C21H22BrN3O4. The second kappa shape index (κ2) is 8.73. The molecule has 2 N–H and O–H groups in total. The molecule has 7 nitrogen and oxygen atoms in total. The Bertz CT molecular complexity index is 986. The first-order valence-electron chi connectivity index (χ1n) is 9.26. The lowest BCUT2D eigenvalue weighted by molar-refractivity contribution is 0.0600. The van der Waals surface area contributed by atoms with Gasteiger partial charge in [0.15, 0.2) is 0 Å². The third-order valence-corrected chi connectivity index (χ3v) is 5.39. The topological polar surface area (TPSA) is 97.4 Å². The number of amides is 2. The number of anilines is 1. The maximum atomic E-state index is 13.0. The highest BCUT2D eigenvalue weighted by atomic mass is 79.9. The lowest BCUT2D eigenvalue weighted by Crippen LogP contribution is -2.29. The van der Waals surface area contributed by atoms with Gasteiger partial charge in [-0.05, 0) is 72.3 Å². The molecule has 0 aliphatic heterocycles. The summed E-state index contributed by atoms with van der Waals surface area (Å²) in [7, 11) is 1.27. The summed E-state index contributed by atoms with van der Waals surface area (Å²) in [5.74, 6) is -0.987. The molecule has 2 amide bonds. The van der Waals surface area contributed by atoms with E-state index in [2.05, 4.69) is 31.5 Å². The number of benzene rings is 1. The van der Waals surface area contributed by atoms with Crippen molar-refractivity contribution >= 4 is 39.4 Å². The van der Waals surface area contributed by atoms with E-state index in [0.29, 0.717) is 33.9 Å². The summed E-state index contributed by atoms with van der Waals surface area (Å²) in [5, 5.41) is 5.60. The number of carbonyl (C=O) groups is 3. The molecule has 2 aromatic rings. The average molecular weight is 460 g/mol. The number of ether oxygens (including phenoxy) is 1. The van der Waals surface area contributed by atoms with Crippen LogP contribution in [0.3, 0.4) is 0 Å². The van der Waals surface area contributed by atoms with Gasteiger partial charge in [0.2, 0.25) is 0 Å². The van der Waals surface area contributed by atoms with Crippen molar-refractivity contribution in [2.45, 2.75) is 26.7 Å². The van der Waals surface area contributed by atoms with Crippen molar-refractivity contribution in [3.05, 3.63) is 56.8 Å². The van der Waals surface area contributed by atoms with Crippen LogP contribution >= 0.6 is 15.9 Å². The van der Waals surface area contributed by atoms with E-state index in [1.54, 1.807) is 38.1 Å². The minimum absolute atomic E-state index is 0.0652. The van der Waals surface area contributed by atoms with Gasteiger partial charge in [-0.2, -0.15) is 0 Å².